The molecule has 1 aromatic carbocycles. The third-order valence-corrected chi connectivity index (χ3v) is 2.79. The zero-order valence-electron chi connectivity index (χ0n) is 10.3. The van der Waals surface area contributed by atoms with Gasteiger partial charge in [-0.3, -0.25) is 0 Å². The molecule has 0 aliphatic heterocycles. The number of rotatable bonds is 5. The Bertz CT molecular complexity index is 505. The van der Waals surface area contributed by atoms with Gasteiger partial charge in [0.1, 0.15) is 11.3 Å². The Morgan fingerprint density at radius 2 is 2.18 bits per heavy atom. The highest BCUT2D eigenvalue weighted by Crippen LogP contribution is 2.19. The standard InChI is InChI=1S/C13H18FN3/c1-3-8-17-11-7-5-6-10(14)13(11)16-12(17)9-15-4-2/h5-7,15H,3-4,8-9H2,1-2H3. The lowest BCUT2D eigenvalue weighted by molar-refractivity contribution is 0.609. The fraction of sp³-hybridized carbons (Fsp3) is 0.462. The highest BCUT2D eigenvalue weighted by molar-refractivity contribution is 5.76. The molecular weight excluding hydrogens is 217 g/mol. The van der Waals surface area contributed by atoms with Crippen LogP contribution in [0.25, 0.3) is 11.0 Å². The lowest BCUT2D eigenvalue weighted by Crippen LogP contribution is -2.16. The summed E-state index contributed by atoms with van der Waals surface area (Å²) < 4.78 is 15.7. The largest absolute Gasteiger partial charge is 0.327 e. The van der Waals surface area contributed by atoms with Crippen molar-refractivity contribution in [1.29, 1.82) is 0 Å². The Labute approximate surface area is 101 Å². The Balaban J connectivity index is 2.49. The Kier molecular flexibility index (Phi) is 3.74. The maximum absolute atomic E-state index is 13.6. The molecule has 0 unspecified atom stereocenters. The van der Waals surface area contributed by atoms with Crippen LogP contribution in [-0.2, 0) is 13.1 Å². The summed E-state index contributed by atoms with van der Waals surface area (Å²) in [5.41, 5.74) is 1.37. The predicted molar refractivity (Wildman–Crippen MR) is 67.4 cm³/mol. The lowest BCUT2D eigenvalue weighted by Gasteiger charge is -2.07. The molecule has 0 aliphatic carbocycles. The second-order valence-corrected chi connectivity index (χ2v) is 4.07. The van der Waals surface area contributed by atoms with Crippen molar-refractivity contribution in [3.8, 4) is 0 Å². The number of aromatic nitrogens is 2. The molecule has 1 N–H and O–H groups in total. The molecule has 0 saturated carbocycles. The molecule has 1 aromatic heterocycles. The molecule has 1 heterocycles. The summed E-state index contributed by atoms with van der Waals surface area (Å²) in [5, 5.41) is 3.24. The number of nitrogens with one attached hydrogen (secondary N) is 1. The van der Waals surface area contributed by atoms with E-state index in [1.165, 1.54) is 6.07 Å². The third kappa shape index (κ3) is 2.31. The van der Waals surface area contributed by atoms with Crippen LogP contribution in [0.3, 0.4) is 0 Å². The van der Waals surface area contributed by atoms with Crippen LogP contribution in [0.5, 0.6) is 0 Å². The summed E-state index contributed by atoms with van der Waals surface area (Å²) in [6, 6.07) is 5.13. The van der Waals surface area contributed by atoms with Gasteiger partial charge < -0.3 is 9.88 Å². The van der Waals surface area contributed by atoms with Gasteiger partial charge >= 0.3 is 0 Å². The van der Waals surface area contributed by atoms with Crippen molar-refractivity contribution in [2.75, 3.05) is 6.54 Å². The molecular formula is C13H18FN3. The second-order valence-electron chi connectivity index (χ2n) is 4.07. The topological polar surface area (TPSA) is 29.9 Å². The van der Waals surface area contributed by atoms with Crippen LogP contribution in [0, 0.1) is 5.82 Å². The summed E-state index contributed by atoms with van der Waals surface area (Å²) in [6.07, 6.45) is 1.01. The number of imidazole rings is 1. The fourth-order valence-corrected chi connectivity index (χ4v) is 2.01. The summed E-state index contributed by atoms with van der Waals surface area (Å²) in [6.45, 7) is 6.61. The Morgan fingerprint density at radius 3 is 2.88 bits per heavy atom. The van der Waals surface area contributed by atoms with Gasteiger partial charge in [0, 0.05) is 6.54 Å². The van der Waals surface area contributed by atoms with E-state index in [1.807, 2.05) is 13.0 Å². The molecule has 0 spiro atoms. The summed E-state index contributed by atoms with van der Waals surface area (Å²) in [5.74, 6) is 0.670. The Hall–Kier alpha value is -1.42. The van der Waals surface area contributed by atoms with Crippen LogP contribution in [0.4, 0.5) is 4.39 Å². The van der Waals surface area contributed by atoms with Crippen molar-refractivity contribution in [2.24, 2.45) is 0 Å². The molecule has 0 atom stereocenters. The first kappa shape index (κ1) is 12.0. The van der Waals surface area contributed by atoms with E-state index in [0.29, 0.717) is 12.1 Å². The molecule has 17 heavy (non-hydrogen) atoms. The molecule has 2 rings (SSSR count). The average Bonchev–Trinajstić information content (AvgIpc) is 2.67. The SMILES string of the molecule is CCCn1c(CNCC)nc2c(F)cccc21. The van der Waals surface area contributed by atoms with E-state index in [4.69, 9.17) is 0 Å². The highest BCUT2D eigenvalue weighted by Gasteiger charge is 2.12. The average molecular weight is 235 g/mol. The Morgan fingerprint density at radius 1 is 1.35 bits per heavy atom. The van der Waals surface area contributed by atoms with Gasteiger partial charge in [-0.1, -0.05) is 19.9 Å². The van der Waals surface area contributed by atoms with Crippen molar-refractivity contribution >= 4 is 11.0 Å². The zero-order valence-corrected chi connectivity index (χ0v) is 10.3. The van der Waals surface area contributed by atoms with E-state index in [9.17, 15) is 4.39 Å². The van der Waals surface area contributed by atoms with E-state index < -0.39 is 0 Å². The van der Waals surface area contributed by atoms with E-state index in [0.717, 1.165) is 30.9 Å². The van der Waals surface area contributed by atoms with Crippen molar-refractivity contribution in [3.63, 3.8) is 0 Å². The fourth-order valence-electron chi connectivity index (χ4n) is 2.01. The van der Waals surface area contributed by atoms with Gasteiger partial charge in [-0.2, -0.15) is 0 Å². The normalized spacial score (nSPS) is 11.2. The highest BCUT2D eigenvalue weighted by atomic mass is 19.1. The minimum atomic E-state index is -0.241. The first-order valence-corrected chi connectivity index (χ1v) is 6.12. The quantitative estimate of drug-likeness (QED) is 0.863. The van der Waals surface area contributed by atoms with Crippen LogP contribution in [0.1, 0.15) is 26.1 Å². The van der Waals surface area contributed by atoms with Crippen LogP contribution in [-0.4, -0.2) is 16.1 Å². The number of para-hydroxylation sites is 1. The summed E-state index contributed by atoms with van der Waals surface area (Å²) >= 11 is 0. The van der Waals surface area contributed by atoms with Gasteiger partial charge in [-0.05, 0) is 25.1 Å². The zero-order chi connectivity index (χ0) is 12.3. The molecule has 0 aliphatic rings. The van der Waals surface area contributed by atoms with E-state index >= 15 is 0 Å². The van der Waals surface area contributed by atoms with Crippen LogP contribution >= 0.6 is 0 Å². The molecule has 4 heteroatoms. The number of fused-ring (bicyclic) bond motifs is 1. The smallest absolute Gasteiger partial charge is 0.151 e. The van der Waals surface area contributed by atoms with Gasteiger partial charge in [0.2, 0.25) is 0 Å². The number of halogens is 1. The second kappa shape index (κ2) is 5.27. The molecule has 0 saturated heterocycles. The van der Waals surface area contributed by atoms with E-state index in [2.05, 4.69) is 21.8 Å². The van der Waals surface area contributed by atoms with Crippen LogP contribution < -0.4 is 5.32 Å². The van der Waals surface area contributed by atoms with Gasteiger partial charge in [-0.25, -0.2) is 9.37 Å². The predicted octanol–water partition coefficient (Wildman–Crippen LogP) is 2.69. The van der Waals surface area contributed by atoms with Crippen molar-refractivity contribution in [1.82, 2.24) is 14.9 Å². The van der Waals surface area contributed by atoms with Gasteiger partial charge in [0.05, 0.1) is 12.1 Å². The first-order valence-electron chi connectivity index (χ1n) is 6.12. The van der Waals surface area contributed by atoms with Crippen molar-refractivity contribution in [3.05, 3.63) is 29.8 Å². The maximum Gasteiger partial charge on any atom is 0.151 e. The number of hydrogen-bond donors (Lipinski definition) is 1. The minimum Gasteiger partial charge on any atom is -0.327 e. The summed E-state index contributed by atoms with van der Waals surface area (Å²) in [7, 11) is 0. The molecule has 0 amide bonds. The van der Waals surface area contributed by atoms with Crippen LogP contribution in [0.15, 0.2) is 18.2 Å². The molecule has 3 nitrogen and oxygen atoms in total. The maximum atomic E-state index is 13.6. The number of hydrogen-bond acceptors (Lipinski definition) is 2. The molecule has 0 bridgehead atoms. The first-order chi connectivity index (χ1) is 8.27. The molecule has 92 valence electrons. The molecule has 2 aromatic rings. The molecule has 0 radical (unpaired) electrons. The minimum absolute atomic E-state index is 0.241. The van der Waals surface area contributed by atoms with Gasteiger partial charge in [0.15, 0.2) is 5.82 Å². The van der Waals surface area contributed by atoms with Crippen LogP contribution in [0.2, 0.25) is 0 Å². The number of benzene rings is 1. The van der Waals surface area contributed by atoms with Crippen molar-refractivity contribution < 1.29 is 4.39 Å². The third-order valence-electron chi connectivity index (χ3n) is 2.79. The lowest BCUT2D eigenvalue weighted by atomic mass is 10.3. The molecule has 0 fully saturated rings. The monoisotopic (exact) mass is 235 g/mol. The van der Waals surface area contributed by atoms with Crippen molar-refractivity contribution in [2.45, 2.75) is 33.4 Å². The van der Waals surface area contributed by atoms with Gasteiger partial charge in [-0.15, -0.1) is 0 Å². The van der Waals surface area contributed by atoms with E-state index in [-0.39, 0.29) is 5.82 Å². The number of aryl methyl sites for hydroxylation is 1. The van der Waals surface area contributed by atoms with E-state index in [1.54, 1.807) is 6.07 Å². The number of nitrogens with zero attached hydrogens (tertiary/aromatic N) is 2. The van der Waals surface area contributed by atoms with Gasteiger partial charge in [0.25, 0.3) is 0 Å². The summed E-state index contributed by atoms with van der Waals surface area (Å²) in [4.78, 5) is 4.39.